The molecule has 0 saturated heterocycles. The Bertz CT molecular complexity index is 478. The normalized spacial score (nSPS) is 11.4. The highest BCUT2D eigenvalue weighted by Gasteiger charge is 2.14. The van der Waals surface area contributed by atoms with Gasteiger partial charge in [-0.05, 0) is 22.6 Å². The summed E-state index contributed by atoms with van der Waals surface area (Å²) in [6.07, 6.45) is 1.56. The van der Waals surface area contributed by atoms with Crippen LogP contribution >= 0.6 is 27.3 Å². The van der Waals surface area contributed by atoms with E-state index in [9.17, 15) is 4.79 Å². The minimum absolute atomic E-state index is 0.379. The van der Waals surface area contributed by atoms with Crippen molar-refractivity contribution in [3.05, 3.63) is 19.1 Å². The first kappa shape index (κ1) is 11.1. The lowest BCUT2D eigenvalue weighted by Crippen LogP contribution is -2.16. The van der Waals surface area contributed by atoms with Crippen LogP contribution in [0.3, 0.4) is 0 Å². The maximum absolute atomic E-state index is 11.3. The summed E-state index contributed by atoms with van der Waals surface area (Å²) in [5.41, 5.74) is 0. The number of thiophene rings is 1. The molecule has 0 atom stereocenters. The summed E-state index contributed by atoms with van der Waals surface area (Å²) in [4.78, 5) is 15.4. The Balaban J connectivity index is 3.44. The van der Waals surface area contributed by atoms with E-state index < -0.39 is 0 Å². The summed E-state index contributed by atoms with van der Waals surface area (Å²) >= 11 is 4.55. The second-order valence-corrected chi connectivity index (χ2v) is 4.24. The van der Waals surface area contributed by atoms with E-state index in [4.69, 9.17) is 0 Å². The molecule has 0 aliphatic heterocycles. The molecule has 0 saturated carbocycles. The van der Waals surface area contributed by atoms with E-state index in [1.807, 2.05) is 0 Å². The van der Waals surface area contributed by atoms with Gasteiger partial charge < -0.3 is 4.74 Å². The van der Waals surface area contributed by atoms with Crippen LogP contribution in [-0.4, -0.2) is 19.8 Å². The van der Waals surface area contributed by atoms with Crippen molar-refractivity contribution in [1.82, 2.24) is 0 Å². The van der Waals surface area contributed by atoms with Crippen LogP contribution in [0.25, 0.3) is 12.8 Å². The molecule has 5 heteroatoms. The van der Waals surface area contributed by atoms with Crippen molar-refractivity contribution in [2.75, 3.05) is 7.11 Å². The fourth-order valence-electron chi connectivity index (χ4n) is 0.873. The molecule has 0 aliphatic rings. The second kappa shape index (κ2) is 4.52. The number of esters is 1. The van der Waals surface area contributed by atoms with E-state index in [1.165, 1.54) is 18.4 Å². The third-order valence-corrected chi connectivity index (χ3v) is 3.84. The Morgan fingerprint density at radius 2 is 2.36 bits per heavy atom. The fourth-order valence-corrected chi connectivity index (χ4v) is 2.57. The lowest BCUT2D eigenvalue weighted by atomic mass is 10.4. The zero-order chi connectivity index (χ0) is 10.7. The Hall–Kier alpha value is -0.940. The van der Waals surface area contributed by atoms with Crippen LogP contribution in [-0.2, 0) is 4.74 Å². The van der Waals surface area contributed by atoms with Crippen LogP contribution in [0.2, 0.25) is 0 Å². The molecule has 0 N–H and O–H groups in total. The Morgan fingerprint density at radius 1 is 1.71 bits per heavy atom. The van der Waals surface area contributed by atoms with E-state index in [0.29, 0.717) is 9.35 Å². The van der Waals surface area contributed by atoms with Crippen molar-refractivity contribution in [3.63, 3.8) is 0 Å². The number of methoxy groups -OCH3 is 1. The molecule has 0 amide bonds. The maximum Gasteiger partial charge on any atom is 0.349 e. The van der Waals surface area contributed by atoms with Crippen molar-refractivity contribution < 1.29 is 9.53 Å². The molecule has 3 nitrogen and oxygen atoms in total. The third-order valence-electron chi connectivity index (χ3n) is 1.55. The fraction of sp³-hybridized carbons (Fsp3) is 0.111. The first-order chi connectivity index (χ1) is 6.61. The molecular formula is C9H8BrNO2S. The highest BCUT2D eigenvalue weighted by molar-refractivity contribution is 9.10. The molecule has 0 aliphatic carbocycles. The van der Waals surface area contributed by atoms with Crippen LogP contribution in [0.15, 0.2) is 9.47 Å². The smallest absolute Gasteiger partial charge is 0.349 e. The maximum atomic E-state index is 11.3. The first-order valence-corrected chi connectivity index (χ1v) is 5.24. The number of carbonyl (C=O) groups is 1. The summed E-state index contributed by atoms with van der Waals surface area (Å²) in [7, 11) is 1.34. The van der Waals surface area contributed by atoms with Gasteiger partial charge >= 0.3 is 5.97 Å². The highest BCUT2D eigenvalue weighted by Crippen LogP contribution is 2.15. The Kier molecular flexibility index (Phi) is 3.60. The van der Waals surface area contributed by atoms with Crippen LogP contribution in [0.4, 0.5) is 0 Å². The number of halogens is 1. The molecule has 1 aromatic rings. The number of ether oxygens (including phenoxy) is 1. The van der Waals surface area contributed by atoms with Gasteiger partial charge in [-0.3, -0.25) is 4.99 Å². The van der Waals surface area contributed by atoms with E-state index >= 15 is 0 Å². The lowest BCUT2D eigenvalue weighted by Gasteiger charge is -1.93. The van der Waals surface area contributed by atoms with Gasteiger partial charge in [-0.1, -0.05) is 6.58 Å². The van der Waals surface area contributed by atoms with E-state index in [2.05, 4.69) is 39.0 Å². The molecular weight excluding hydrogens is 266 g/mol. The summed E-state index contributed by atoms with van der Waals surface area (Å²) in [5, 5.41) is 0.725. The molecule has 0 spiro atoms. The van der Waals surface area contributed by atoms with E-state index in [0.717, 1.165) is 9.75 Å². The van der Waals surface area contributed by atoms with Gasteiger partial charge in [0, 0.05) is 11.4 Å². The predicted molar refractivity (Wildman–Crippen MR) is 62.1 cm³/mol. The van der Waals surface area contributed by atoms with Crippen molar-refractivity contribution in [1.29, 1.82) is 0 Å². The number of nitrogens with zero attached hydrogens (tertiary/aromatic N) is 1. The Labute approximate surface area is 93.6 Å². The van der Waals surface area contributed by atoms with Gasteiger partial charge in [0.25, 0.3) is 0 Å². The van der Waals surface area contributed by atoms with Crippen LogP contribution in [0, 0.1) is 0 Å². The topological polar surface area (TPSA) is 38.7 Å². The van der Waals surface area contributed by atoms with Gasteiger partial charge in [0.2, 0.25) is 0 Å². The monoisotopic (exact) mass is 273 g/mol. The number of aliphatic imine (C=N–C) groups is 1. The lowest BCUT2D eigenvalue weighted by molar-refractivity contribution is 0.0605. The quantitative estimate of drug-likeness (QED) is 0.599. The van der Waals surface area contributed by atoms with Crippen molar-refractivity contribution in [2.45, 2.75) is 0 Å². The van der Waals surface area contributed by atoms with Crippen molar-refractivity contribution >= 4 is 52.7 Å². The number of rotatable bonds is 2. The van der Waals surface area contributed by atoms with Crippen LogP contribution in [0.1, 0.15) is 9.67 Å². The number of carbonyl (C=O) groups excluding carboxylic acids is 1. The third kappa shape index (κ3) is 1.93. The second-order valence-electron chi connectivity index (χ2n) is 2.39. The van der Waals surface area contributed by atoms with Crippen LogP contribution < -0.4 is 9.75 Å². The summed E-state index contributed by atoms with van der Waals surface area (Å²) in [6.45, 7) is 7.16. The SMILES string of the molecule is C=N/C=c1/sc(C(=O)OC)c(Br)c1=C. The zero-order valence-corrected chi connectivity index (χ0v) is 9.94. The Morgan fingerprint density at radius 3 is 2.86 bits per heavy atom. The molecule has 14 heavy (non-hydrogen) atoms. The molecule has 74 valence electrons. The van der Waals surface area contributed by atoms with Gasteiger partial charge in [-0.2, -0.15) is 0 Å². The molecule has 0 unspecified atom stereocenters. The van der Waals surface area contributed by atoms with Gasteiger partial charge in [0.15, 0.2) is 0 Å². The number of hydrogen-bond donors (Lipinski definition) is 0. The highest BCUT2D eigenvalue weighted by atomic mass is 79.9. The molecule has 1 aromatic heterocycles. The van der Waals surface area contributed by atoms with Gasteiger partial charge in [-0.15, -0.1) is 11.3 Å². The van der Waals surface area contributed by atoms with Crippen molar-refractivity contribution in [3.8, 4) is 0 Å². The molecule has 0 aromatic carbocycles. The summed E-state index contributed by atoms with van der Waals surface area (Å²) in [5.74, 6) is -0.379. The first-order valence-electron chi connectivity index (χ1n) is 3.63. The largest absolute Gasteiger partial charge is 0.465 e. The molecule has 0 radical (unpaired) electrons. The van der Waals surface area contributed by atoms with E-state index in [1.54, 1.807) is 6.20 Å². The van der Waals surface area contributed by atoms with Crippen LogP contribution in [0.5, 0.6) is 0 Å². The average molecular weight is 274 g/mol. The standard InChI is InChI=1S/C9H8BrNO2S/c1-5-6(4-11-2)14-8(7(5)10)9(12)13-3/h4H,1-2H2,3H3/b6-4+. The predicted octanol–water partition coefficient (Wildman–Crippen LogP) is 1.15. The van der Waals surface area contributed by atoms with Gasteiger partial charge in [-0.25, -0.2) is 4.79 Å². The molecule has 1 rings (SSSR count). The van der Waals surface area contributed by atoms with E-state index in [-0.39, 0.29) is 5.97 Å². The molecule has 0 fully saturated rings. The minimum atomic E-state index is -0.379. The van der Waals surface area contributed by atoms with Gasteiger partial charge in [0.05, 0.1) is 16.1 Å². The zero-order valence-electron chi connectivity index (χ0n) is 7.54. The molecule has 1 heterocycles. The molecule has 0 bridgehead atoms. The summed E-state index contributed by atoms with van der Waals surface area (Å²) in [6, 6.07) is 0. The average Bonchev–Trinajstić information content (AvgIpc) is 2.46. The minimum Gasteiger partial charge on any atom is -0.465 e. The number of hydrogen-bond acceptors (Lipinski definition) is 4. The van der Waals surface area contributed by atoms with Crippen molar-refractivity contribution in [2.24, 2.45) is 4.99 Å². The summed E-state index contributed by atoms with van der Waals surface area (Å²) < 4.78 is 6.07. The van der Waals surface area contributed by atoms with Gasteiger partial charge in [0.1, 0.15) is 4.88 Å².